The highest BCUT2D eigenvalue weighted by Crippen LogP contribution is 2.44. The molecule has 1 saturated carbocycles. The largest absolute Gasteiger partial charge is 0.417 e. The van der Waals surface area contributed by atoms with Crippen molar-refractivity contribution in [3.8, 4) is 0 Å². The standard InChI is InChI=1S/C17H17F3N2O/c1-3-4-5-6-11(2)13-9-14(13)16(23)22-15-8-7-12(10-21-15)17(18,19)20/h3-8,10,13-14H,2,9H2,1H3,(H,21,22,23)/b4-3-,6-5-/t13-,14+/m1/s1. The number of carbonyl (C=O) groups excluding carboxylic acids is 1. The van der Waals surface area contributed by atoms with Gasteiger partial charge in [-0.1, -0.05) is 36.5 Å². The highest BCUT2D eigenvalue weighted by atomic mass is 19.4. The van der Waals surface area contributed by atoms with Gasteiger partial charge in [-0.3, -0.25) is 4.79 Å². The van der Waals surface area contributed by atoms with E-state index in [9.17, 15) is 18.0 Å². The smallest absolute Gasteiger partial charge is 0.310 e. The molecule has 1 aromatic rings. The molecule has 1 aromatic heterocycles. The minimum absolute atomic E-state index is 0.0750. The molecule has 1 heterocycles. The van der Waals surface area contributed by atoms with Crippen molar-refractivity contribution in [3.05, 3.63) is 60.3 Å². The summed E-state index contributed by atoms with van der Waals surface area (Å²) in [6.45, 7) is 5.83. The Balaban J connectivity index is 1.90. The molecule has 3 nitrogen and oxygen atoms in total. The number of aromatic nitrogens is 1. The number of nitrogens with one attached hydrogen (secondary N) is 1. The van der Waals surface area contributed by atoms with Gasteiger partial charge in [0, 0.05) is 12.1 Å². The lowest BCUT2D eigenvalue weighted by Crippen LogP contribution is -2.16. The first-order chi connectivity index (χ1) is 10.8. The first kappa shape index (κ1) is 17.0. The maximum Gasteiger partial charge on any atom is 0.417 e. The van der Waals surface area contributed by atoms with E-state index in [1.54, 1.807) is 0 Å². The SMILES string of the molecule is C=C(/C=C\C=C/C)[C@H]1C[C@@H]1C(=O)Nc1ccc(C(F)(F)F)cn1. The Hall–Kier alpha value is -2.37. The van der Waals surface area contributed by atoms with Gasteiger partial charge in [0.2, 0.25) is 5.91 Å². The van der Waals surface area contributed by atoms with E-state index in [0.717, 1.165) is 17.7 Å². The molecule has 1 aliphatic carbocycles. The molecule has 0 radical (unpaired) electrons. The molecule has 0 bridgehead atoms. The molecular weight excluding hydrogens is 305 g/mol. The van der Waals surface area contributed by atoms with Crippen molar-refractivity contribution in [1.29, 1.82) is 0 Å². The topological polar surface area (TPSA) is 42.0 Å². The fourth-order valence-corrected chi connectivity index (χ4v) is 2.16. The number of alkyl halides is 3. The number of nitrogens with zero attached hydrogens (tertiary/aromatic N) is 1. The number of hydrogen-bond acceptors (Lipinski definition) is 2. The molecule has 1 fully saturated rings. The third-order valence-corrected chi connectivity index (χ3v) is 3.56. The fourth-order valence-electron chi connectivity index (χ4n) is 2.16. The summed E-state index contributed by atoms with van der Waals surface area (Å²) in [6, 6.07) is 2.05. The van der Waals surface area contributed by atoms with Gasteiger partial charge >= 0.3 is 6.18 Å². The van der Waals surface area contributed by atoms with Gasteiger partial charge in [-0.15, -0.1) is 0 Å². The lowest BCUT2D eigenvalue weighted by Gasteiger charge is -2.08. The van der Waals surface area contributed by atoms with E-state index in [2.05, 4.69) is 16.9 Å². The molecule has 1 amide bonds. The number of amides is 1. The second kappa shape index (κ2) is 6.81. The second-order valence-corrected chi connectivity index (χ2v) is 5.33. The van der Waals surface area contributed by atoms with Crippen molar-refractivity contribution in [2.24, 2.45) is 11.8 Å². The van der Waals surface area contributed by atoms with Crippen molar-refractivity contribution in [3.63, 3.8) is 0 Å². The van der Waals surface area contributed by atoms with Crippen molar-refractivity contribution >= 4 is 11.7 Å². The van der Waals surface area contributed by atoms with Gasteiger partial charge < -0.3 is 5.32 Å². The Labute approximate surface area is 132 Å². The second-order valence-electron chi connectivity index (χ2n) is 5.33. The molecule has 23 heavy (non-hydrogen) atoms. The van der Waals surface area contributed by atoms with Crippen molar-refractivity contribution in [2.75, 3.05) is 5.32 Å². The Morgan fingerprint density at radius 3 is 2.65 bits per heavy atom. The number of rotatable bonds is 5. The van der Waals surface area contributed by atoms with Crippen LogP contribution in [0.3, 0.4) is 0 Å². The number of carbonyl (C=O) groups is 1. The predicted octanol–water partition coefficient (Wildman–Crippen LogP) is 4.36. The van der Waals surface area contributed by atoms with Crippen LogP contribution in [-0.2, 0) is 11.0 Å². The number of hydrogen-bond donors (Lipinski definition) is 1. The van der Waals surface area contributed by atoms with Gasteiger partial charge in [-0.2, -0.15) is 13.2 Å². The number of anilines is 1. The molecule has 0 saturated heterocycles. The van der Waals surface area contributed by atoms with E-state index in [-0.39, 0.29) is 23.6 Å². The van der Waals surface area contributed by atoms with E-state index in [4.69, 9.17) is 0 Å². The molecule has 1 N–H and O–H groups in total. The summed E-state index contributed by atoms with van der Waals surface area (Å²) in [6.07, 6.45) is 4.42. The Bertz CT molecular complexity index is 645. The van der Waals surface area contributed by atoms with Crippen LogP contribution >= 0.6 is 0 Å². The Morgan fingerprint density at radius 2 is 2.09 bits per heavy atom. The normalized spacial score (nSPS) is 20.9. The highest BCUT2D eigenvalue weighted by molar-refractivity contribution is 5.94. The zero-order valence-electron chi connectivity index (χ0n) is 12.6. The first-order valence-electron chi connectivity index (χ1n) is 7.15. The number of pyridine rings is 1. The molecule has 0 unspecified atom stereocenters. The summed E-state index contributed by atoms with van der Waals surface area (Å²) in [4.78, 5) is 15.7. The van der Waals surface area contributed by atoms with Gasteiger partial charge in [0.05, 0.1) is 5.56 Å². The minimum Gasteiger partial charge on any atom is -0.310 e. The fraction of sp³-hybridized carbons (Fsp3) is 0.294. The number of allylic oxidation sites excluding steroid dienone is 5. The summed E-state index contributed by atoms with van der Waals surface area (Å²) in [7, 11) is 0. The van der Waals surface area contributed by atoms with Crippen molar-refractivity contribution < 1.29 is 18.0 Å². The van der Waals surface area contributed by atoms with Gasteiger partial charge in [-0.25, -0.2) is 4.98 Å². The van der Waals surface area contributed by atoms with E-state index < -0.39 is 11.7 Å². The Morgan fingerprint density at radius 1 is 1.35 bits per heavy atom. The third-order valence-electron chi connectivity index (χ3n) is 3.56. The summed E-state index contributed by atoms with van der Waals surface area (Å²) in [5.41, 5.74) is 0.0194. The summed E-state index contributed by atoms with van der Waals surface area (Å²) >= 11 is 0. The molecule has 0 aliphatic heterocycles. The van der Waals surface area contributed by atoms with Crippen molar-refractivity contribution in [1.82, 2.24) is 4.98 Å². The molecule has 0 aromatic carbocycles. The maximum absolute atomic E-state index is 12.4. The first-order valence-corrected chi connectivity index (χ1v) is 7.15. The average molecular weight is 322 g/mol. The van der Waals surface area contributed by atoms with Crippen LogP contribution in [0.15, 0.2) is 54.8 Å². The Kier molecular flexibility index (Phi) is 5.03. The minimum atomic E-state index is -4.44. The van der Waals surface area contributed by atoms with E-state index in [1.807, 2.05) is 31.2 Å². The van der Waals surface area contributed by atoms with E-state index in [0.29, 0.717) is 12.6 Å². The quantitative estimate of drug-likeness (QED) is 0.818. The van der Waals surface area contributed by atoms with Gasteiger partial charge in [0.15, 0.2) is 0 Å². The van der Waals surface area contributed by atoms with Crippen LogP contribution in [0.1, 0.15) is 18.9 Å². The van der Waals surface area contributed by atoms with E-state index >= 15 is 0 Å². The summed E-state index contributed by atoms with van der Waals surface area (Å²) in [5, 5.41) is 2.54. The van der Waals surface area contributed by atoms with Crippen LogP contribution < -0.4 is 5.32 Å². The molecule has 2 atom stereocenters. The summed E-state index contributed by atoms with van der Waals surface area (Å²) < 4.78 is 37.3. The van der Waals surface area contributed by atoms with Gasteiger partial charge in [-0.05, 0) is 31.4 Å². The molecular formula is C17H17F3N2O. The lowest BCUT2D eigenvalue weighted by atomic mass is 10.1. The van der Waals surface area contributed by atoms with E-state index in [1.165, 1.54) is 0 Å². The highest BCUT2D eigenvalue weighted by Gasteiger charge is 2.44. The molecule has 122 valence electrons. The van der Waals surface area contributed by atoms with Gasteiger partial charge in [0.1, 0.15) is 5.82 Å². The molecule has 0 spiro atoms. The van der Waals surface area contributed by atoms with Crippen LogP contribution in [-0.4, -0.2) is 10.9 Å². The molecule has 1 aliphatic rings. The van der Waals surface area contributed by atoms with Crippen LogP contribution in [0, 0.1) is 11.8 Å². The van der Waals surface area contributed by atoms with Crippen LogP contribution in [0.4, 0.5) is 19.0 Å². The zero-order valence-corrected chi connectivity index (χ0v) is 12.6. The maximum atomic E-state index is 12.4. The van der Waals surface area contributed by atoms with Crippen LogP contribution in [0.25, 0.3) is 0 Å². The van der Waals surface area contributed by atoms with Crippen LogP contribution in [0.2, 0.25) is 0 Å². The number of halogens is 3. The zero-order chi connectivity index (χ0) is 17.0. The molecule has 2 rings (SSSR count). The van der Waals surface area contributed by atoms with Crippen molar-refractivity contribution in [2.45, 2.75) is 19.5 Å². The lowest BCUT2D eigenvalue weighted by molar-refractivity contribution is -0.137. The van der Waals surface area contributed by atoms with Gasteiger partial charge in [0.25, 0.3) is 0 Å². The van der Waals surface area contributed by atoms with Crippen LogP contribution in [0.5, 0.6) is 0 Å². The monoisotopic (exact) mass is 322 g/mol. The predicted molar refractivity (Wildman–Crippen MR) is 82.6 cm³/mol. The third kappa shape index (κ3) is 4.55. The molecule has 6 heteroatoms. The average Bonchev–Trinajstić information content (AvgIpc) is 3.27. The summed E-state index contributed by atoms with van der Waals surface area (Å²) in [5.74, 6) is -0.264.